The van der Waals surface area contributed by atoms with Crippen LogP contribution in [-0.4, -0.2) is 23.4 Å². The van der Waals surface area contributed by atoms with Crippen LogP contribution in [0.2, 0.25) is 0 Å². The van der Waals surface area contributed by atoms with Crippen LogP contribution in [0.4, 0.5) is 0 Å². The summed E-state index contributed by atoms with van der Waals surface area (Å²) >= 11 is 0. The lowest BCUT2D eigenvalue weighted by molar-refractivity contribution is 0.112. The Morgan fingerprint density at radius 2 is 1.64 bits per heavy atom. The summed E-state index contributed by atoms with van der Waals surface area (Å²) in [5.41, 5.74) is 2.69. The predicted molar refractivity (Wildman–Crippen MR) is 101 cm³/mol. The molecule has 2 aromatic carbocycles. The van der Waals surface area contributed by atoms with Crippen LogP contribution in [0.1, 0.15) is 27.0 Å². The number of rotatable bonds is 6. The van der Waals surface area contributed by atoms with Gasteiger partial charge in [-0.15, -0.1) is 0 Å². The van der Waals surface area contributed by atoms with Gasteiger partial charge in [0.2, 0.25) is 11.8 Å². The fraction of sp³-hybridized carbons (Fsp3) is 0.143. The molecular formula is C21H17N3O4. The summed E-state index contributed by atoms with van der Waals surface area (Å²) in [6.07, 6.45) is 2.05. The van der Waals surface area contributed by atoms with Crippen LogP contribution in [0, 0.1) is 25.2 Å². The molecule has 0 fully saturated rings. The molecule has 140 valence electrons. The van der Waals surface area contributed by atoms with Crippen molar-refractivity contribution in [2.45, 2.75) is 13.8 Å². The van der Waals surface area contributed by atoms with Gasteiger partial charge >= 0.3 is 0 Å². The maximum atomic E-state index is 10.9. The van der Waals surface area contributed by atoms with Gasteiger partial charge in [-0.1, -0.05) is 0 Å². The van der Waals surface area contributed by atoms with E-state index in [0.717, 1.165) is 17.4 Å². The molecule has 0 atom stereocenters. The third-order valence-corrected chi connectivity index (χ3v) is 3.95. The number of methoxy groups -OCH3 is 1. The van der Waals surface area contributed by atoms with Gasteiger partial charge in [0.15, 0.2) is 11.5 Å². The minimum atomic E-state index is 0.256. The average Bonchev–Trinajstić information content (AvgIpc) is 2.71. The number of nitrogens with zero attached hydrogens (tertiary/aromatic N) is 3. The zero-order chi connectivity index (χ0) is 20.1. The van der Waals surface area contributed by atoms with Crippen molar-refractivity contribution in [1.82, 2.24) is 9.97 Å². The van der Waals surface area contributed by atoms with Crippen molar-refractivity contribution in [3.05, 3.63) is 65.0 Å². The molecule has 3 aromatic rings. The Kier molecular flexibility index (Phi) is 5.51. The third kappa shape index (κ3) is 4.07. The van der Waals surface area contributed by atoms with Crippen LogP contribution in [0.25, 0.3) is 0 Å². The van der Waals surface area contributed by atoms with Gasteiger partial charge in [-0.25, -0.2) is 9.97 Å². The van der Waals surface area contributed by atoms with Crippen LogP contribution in [0.3, 0.4) is 0 Å². The fourth-order valence-electron chi connectivity index (χ4n) is 2.67. The minimum absolute atomic E-state index is 0.256. The average molecular weight is 375 g/mol. The number of aldehydes is 1. The number of hydrogen-bond acceptors (Lipinski definition) is 7. The molecule has 28 heavy (non-hydrogen) atoms. The highest BCUT2D eigenvalue weighted by atomic mass is 16.5. The molecule has 1 aromatic heterocycles. The Morgan fingerprint density at radius 1 is 0.964 bits per heavy atom. The quantitative estimate of drug-likeness (QED) is 0.590. The number of aryl methyl sites for hydroxylation is 2. The Bertz CT molecular complexity index is 1050. The molecule has 0 spiro atoms. The lowest BCUT2D eigenvalue weighted by atomic mass is 10.1. The van der Waals surface area contributed by atoms with Crippen LogP contribution in [0.5, 0.6) is 29.0 Å². The molecule has 3 rings (SSSR count). The van der Waals surface area contributed by atoms with Gasteiger partial charge in [0, 0.05) is 5.56 Å². The summed E-state index contributed by atoms with van der Waals surface area (Å²) in [6.45, 7) is 3.72. The smallest absolute Gasteiger partial charge is 0.226 e. The van der Waals surface area contributed by atoms with Gasteiger partial charge in [-0.2, -0.15) is 5.26 Å². The molecule has 0 amide bonds. The van der Waals surface area contributed by atoms with Crippen LogP contribution >= 0.6 is 0 Å². The molecule has 1 heterocycles. The Balaban J connectivity index is 1.86. The van der Waals surface area contributed by atoms with E-state index in [-0.39, 0.29) is 5.88 Å². The summed E-state index contributed by atoms with van der Waals surface area (Å²) in [6, 6.07) is 12.0. The third-order valence-electron chi connectivity index (χ3n) is 3.95. The number of aromatic nitrogens is 2. The first kappa shape index (κ1) is 18.9. The topological polar surface area (TPSA) is 94.3 Å². The molecule has 0 bridgehead atoms. The second-order valence-corrected chi connectivity index (χ2v) is 5.98. The molecule has 0 radical (unpaired) electrons. The van der Waals surface area contributed by atoms with E-state index in [4.69, 9.17) is 19.5 Å². The van der Waals surface area contributed by atoms with Crippen molar-refractivity contribution in [2.75, 3.05) is 7.11 Å². The second kappa shape index (κ2) is 8.18. The van der Waals surface area contributed by atoms with Crippen molar-refractivity contribution >= 4 is 6.29 Å². The Labute approximate surface area is 162 Å². The number of carbonyl (C=O) groups is 1. The first-order chi connectivity index (χ1) is 13.5. The number of carbonyl (C=O) groups excluding carboxylic acids is 1. The van der Waals surface area contributed by atoms with E-state index in [1.54, 1.807) is 36.4 Å². The zero-order valence-corrected chi connectivity index (χ0v) is 15.6. The van der Waals surface area contributed by atoms with E-state index in [1.165, 1.54) is 13.4 Å². The molecule has 0 saturated heterocycles. The van der Waals surface area contributed by atoms with Crippen molar-refractivity contribution in [1.29, 1.82) is 5.26 Å². The largest absolute Gasteiger partial charge is 0.493 e. The molecular weight excluding hydrogens is 358 g/mol. The Morgan fingerprint density at radius 3 is 2.25 bits per heavy atom. The van der Waals surface area contributed by atoms with Gasteiger partial charge in [0.25, 0.3) is 0 Å². The summed E-state index contributed by atoms with van der Waals surface area (Å²) in [4.78, 5) is 19.1. The van der Waals surface area contributed by atoms with Gasteiger partial charge in [-0.3, -0.25) is 4.79 Å². The number of nitriles is 1. The van der Waals surface area contributed by atoms with E-state index >= 15 is 0 Å². The molecule has 0 saturated carbocycles. The molecule has 7 nitrogen and oxygen atoms in total. The van der Waals surface area contributed by atoms with Gasteiger partial charge in [0.05, 0.1) is 24.8 Å². The first-order valence-corrected chi connectivity index (χ1v) is 8.36. The molecule has 0 aliphatic rings. The van der Waals surface area contributed by atoms with Crippen molar-refractivity contribution < 1.29 is 19.0 Å². The summed E-state index contributed by atoms with van der Waals surface area (Å²) in [7, 11) is 1.49. The lowest BCUT2D eigenvalue weighted by Gasteiger charge is -2.13. The van der Waals surface area contributed by atoms with Crippen molar-refractivity contribution in [3.8, 4) is 35.1 Å². The maximum absolute atomic E-state index is 10.9. The molecule has 7 heteroatoms. The maximum Gasteiger partial charge on any atom is 0.226 e. The van der Waals surface area contributed by atoms with Gasteiger partial charge < -0.3 is 14.2 Å². The van der Waals surface area contributed by atoms with Crippen molar-refractivity contribution in [3.63, 3.8) is 0 Å². The van der Waals surface area contributed by atoms with E-state index in [9.17, 15) is 4.79 Å². The fourth-order valence-corrected chi connectivity index (χ4v) is 2.67. The van der Waals surface area contributed by atoms with Crippen molar-refractivity contribution in [2.24, 2.45) is 0 Å². The molecule has 0 aliphatic heterocycles. The van der Waals surface area contributed by atoms with Crippen LogP contribution in [-0.2, 0) is 0 Å². The van der Waals surface area contributed by atoms with Gasteiger partial charge in [-0.05, 0) is 55.3 Å². The number of hydrogen-bond donors (Lipinski definition) is 0. The standard InChI is InChI=1S/C21H17N3O4/c1-13-6-16(10-22)7-14(2)21(13)28-20-9-19(23-12-24-20)27-17-5-4-15(11-25)8-18(17)26-3/h4-9,11-12H,1-3H3. The molecule has 0 aliphatic carbocycles. The monoisotopic (exact) mass is 375 g/mol. The predicted octanol–water partition coefficient (Wildman–Crippen LogP) is 4.37. The van der Waals surface area contributed by atoms with E-state index in [0.29, 0.717) is 34.3 Å². The Hall–Kier alpha value is -3.92. The summed E-state index contributed by atoms with van der Waals surface area (Å²) < 4.78 is 16.9. The van der Waals surface area contributed by atoms with Crippen LogP contribution in [0.15, 0.2) is 42.7 Å². The summed E-state index contributed by atoms with van der Waals surface area (Å²) in [5.74, 6) is 1.99. The molecule has 0 N–H and O–H groups in total. The first-order valence-electron chi connectivity index (χ1n) is 8.36. The SMILES string of the molecule is COc1cc(C=O)ccc1Oc1cc(Oc2c(C)cc(C#N)cc2C)ncn1. The second-order valence-electron chi connectivity index (χ2n) is 5.98. The lowest BCUT2D eigenvalue weighted by Crippen LogP contribution is -1.97. The zero-order valence-electron chi connectivity index (χ0n) is 15.6. The van der Waals surface area contributed by atoms with E-state index < -0.39 is 0 Å². The number of ether oxygens (including phenoxy) is 3. The highest BCUT2D eigenvalue weighted by Crippen LogP contribution is 2.33. The van der Waals surface area contributed by atoms with Crippen LogP contribution < -0.4 is 14.2 Å². The normalized spacial score (nSPS) is 10.1. The highest BCUT2D eigenvalue weighted by Gasteiger charge is 2.12. The van der Waals surface area contributed by atoms with Gasteiger partial charge in [0.1, 0.15) is 18.4 Å². The van der Waals surface area contributed by atoms with E-state index in [1.807, 2.05) is 13.8 Å². The van der Waals surface area contributed by atoms with E-state index in [2.05, 4.69) is 16.0 Å². The molecule has 0 unspecified atom stereocenters. The minimum Gasteiger partial charge on any atom is -0.493 e. The number of benzene rings is 2. The highest BCUT2D eigenvalue weighted by molar-refractivity contribution is 5.76. The summed E-state index contributed by atoms with van der Waals surface area (Å²) in [5, 5.41) is 9.06.